The molecular weight excluding hydrogens is 296 g/mol. The molecule has 3 rings (SSSR count). The highest BCUT2D eigenvalue weighted by atomic mass is 16.3. The number of fused-ring (bicyclic) bond motifs is 1. The fourth-order valence-corrected chi connectivity index (χ4v) is 2.87. The SMILES string of the molecule is CCN(CC)C(=O)c1n[nH]c2c1CN(C(=O)c1ccoc1)CC2. The van der Waals surface area contributed by atoms with E-state index in [1.165, 1.54) is 12.5 Å². The molecule has 23 heavy (non-hydrogen) atoms. The molecule has 0 atom stereocenters. The molecule has 0 saturated heterocycles. The summed E-state index contributed by atoms with van der Waals surface area (Å²) in [6.07, 6.45) is 3.59. The Morgan fingerprint density at radius 2 is 2.17 bits per heavy atom. The molecule has 1 aliphatic heterocycles. The normalized spacial score (nSPS) is 13.7. The monoisotopic (exact) mass is 316 g/mol. The number of aromatic nitrogens is 2. The zero-order valence-electron chi connectivity index (χ0n) is 13.3. The van der Waals surface area contributed by atoms with Crippen LogP contribution in [0.5, 0.6) is 0 Å². The second-order valence-electron chi connectivity index (χ2n) is 5.50. The molecule has 7 heteroatoms. The minimum atomic E-state index is -0.0925. The minimum absolute atomic E-state index is 0.0909. The first-order valence-electron chi connectivity index (χ1n) is 7.82. The van der Waals surface area contributed by atoms with Gasteiger partial charge in [-0.3, -0.25) is 14.7 Å². The van der Waals surface area contributed by atoms with Crippen molar-refractivity contribution >= 4 is 11.8 Å². The molecule has 7 nitrogen and oxygen atoms in total. The van der Waals surface area contributed by atoms with Crippen LogP contribution >= 0.6 is 0 Å². The van der Waals surface area contributed by atoms with Crippen molar-refractivity contribution in [2.75, 3.05) is 19.6 Å². The van der Waals surface area contributed by atoms with E-state index >= 15 is 0 Å². The molecule has 0 aliphatic carbocycles. The van der Waals surface area contributed by atoms with Crippen molar-refractivity contribution in [2.24, 2.45) is 0 Å². The number of nitrogens with one attached hydrogen (secondary N) is 1. The summed E-state index contributed by atoms with van der Waals surface area (Å²) in [7, 11) is 0. The van der Waals surface area contributed by atoms with Crippen molar-refractivity contribution in [1.29, 1.82) is 0 Å². The summed E-state index contributed by atoms with van der Waals surface area (Å²) in [4.78, 5) is 28.5. The predicted octanol–water partition coefficient (Wildman–Crippen LogP) is 1.68. The molecule has 122 valence electrons. The van der Waals surface area contributed by atoms with Crippen LogP contribution in [0, 0.1) is 0 Å². The Labute approximate surface area is 134 Å². The van der Waals surface area contributed by atoms with Crippen LogP contribution in [0.2, 0.25) is 0 Å². The maximum Gasteiger partial charge on any atom is 0.274 e. The average molecular weight is 316 g/mol. The van der Waals surface area contributed by atoms with E-state index < -0.39 is 0 Å². The van der Waals surface area contributed by atoms with Crippen LogP contribution in [0.15, 0.2) is 23.0 Å². The molecule has 3 heterocycles. The average Bonchev–Trinajstić information content (AvgIpc) is 3.24. The molecule has 1 N–H and O–H groups in total. The lowest BCUT2D eigenvalue weighted by Crippen LogP contribution is -2.37. The van der Waals surface area contributed by atoms with Crippen molar-refractivity contribution < 1.29 is 14.0 Å². The molecule has 0 spiro atoms. The van der Waals surface area contributed by atoms with E-state index in [1.807, 2.05) is 13.8 Å². The third-order valence-corrected chi connectivity index (χ3v) is 4.24. The Hall–Kier alpha value is -2.57. The zero-order chi connectivity index (χ0) is 16.4. The number of H-pyrrole nitrogens is 1. The van der Waals surface area contributed by atoms with Gasteiger partial charge in [-0.25, -0.2) is 0 Å². The molecule has 0 fully saturated rings. The zero-order valence-corrected chi connectivity index (χ0v) is 13.3. The van der Waals surface area contributed by atoms with Gasteiger partial charge in [-0.15, -0.1) is 0 Å². The number of hydrogen-bond acceptors (Lipinski definition) is 4. The smallest absolute Gasteiger partial charge is 0.274 e. The van der Waals surface area contributed by atoms with E-state index in [2.05, 4.69) is 10.2 Å². The van der Waals surface area contributed by atoms with Crippen LogP contribution in [-0.2, 0) is 13.0 Å². The van der Waals surface area contributed by atoms with E-state index in [0.29, 0.717) is 43.9 Å². The van der Waals surface area contributed by atoms with Gasteiger partial charge < -0.3 is 14.2 Å². The number of amides is 2. The lowest BCUT2D eigenvalue weighted by molar-refractivity contribution is 0.0718. The summed E-state index contributed by atoms with van der Waals surface area (Å²) in [6, 6.07) is 1.65. The molecule has 2 amide bonds. The summed E-state index contributed by atoms with van der Waals surface area (Å²) < 4.78 is 4.98. The van der Waals surface area contributed by atoms with E-state index in [-0.39, 0.29) is 11.8 Å². The molecule has 2 aromatic rings. The second-order valence-corrected chi connectivity index (χ2v) is 5.50. The van der Waals surface area contributed by atoms with Crippen LogP contribution in [-0.4, -0.2) is 51.4 Å². The highest BCUT2D eigenvalue weighted by molar-refractivity contribution is 5.96. The van der Waals surface area contributed by atoms with E-state index in [1.54, 1.807) is 15.9 Å². The Kier molecular flexibility index (Phi) is 4.18. The van der Waals surface area contributed by atoms with E-state index in [9.17, 15) is 9.59 Å². The number of nitrogens with zero attached hydrogens (tertiary/aromatic N) is 3. The Morgan fingerprint density at radius 1 is 1.39 bits per heavy atom. The molecule has 1 aliphatic rings. The number of hydrogen-bond donors (Lipinski definition) is 1. The molecule has 0 unspecified atom stereocenters. The highest BCUT2D eigenvalue weighted by Gasteiger charge is 2.29. The Bertz CT molecular complexity index is 701. The maximum absolute atomic E-state index is 12.6. The topological polar surface area (TPSA) is 82.4 Å². The predicted molar refractivity (Wildman–Crippen MR) is 83.0 cm³/mol. The van der Waals surface area contributed by atoms with Crippen LogP contribution in [0.3, 0.4) is 0 Å². The first kappa shape index (κ1) is 15.3. The molecule has 0 radical (unpaired) electrons. The van der Waals surface area contributed by atoms with Crippen LogP contribution in [0.4, 0.5) is 0 Å². The standard InChI is InChI=1S/C16H20N4O3/c1-3-19(4-2)16(22)14-12-9-20(7-5-13(12)17-18-14)15(21)11-6-8-23-10-11/h6,8,10H,3-5,7,9H2,1-2H3,(H,17,18). The third-order valence-electron chi connectivity index (χ3n) is 4.24. The molecule has 2 aromatic heterocycles. The number of aromatic amines is 1. The second kappa shape index (κ2) is 6.28. The van der Waals surface area contributed by atoms with Crippen LogP contribution < -0.4 is 0 Å². The third kappa shape index (κ3) is 2.74. The Morgan fingerprint density at radius 3 is 2.83 bits per heavy atom. The number of carbonyl (C=O) groups excluding carboxylic acids is 2. The van der Waals surface area contributed by atoms with Gasteiger partial charge >= 0.3 is 0 Å². The number of rotatable bonds is 4. The highest BCUT2D eigenvalue weighted by Crippen LogP contribution is 2.23. The lowest BCUT2D eigenvalue weighted by Gasteiger charge is -2.27. The van der Waals surface area contributed by atoms with Crippen molar-refractivity contribution in [3.8, 4) is 0 Å². The fraction of sp³-hybridized carbons (Fsp3) is 0.438. The Balaban J connectivity index is 1.84. The van der Waals surface area contributed by atoms with E-state index in [4.69, 9.17) is 4.42 Å². The molecule has 0 bridgehead atoms. The van der Waals surface area contributed by atoms with Gasteiger partial charge in [0, 0.05) is 37.3 Å². The number of carbonyl (C=O) groups is 2. The summed E-state index contributed by atoms with van der Waals surface area (Å²) in [5.74, 6) is -0.183. The molecule has 0 aromatic carbocycles. The van der Waals surface area contributed by atoms with E-state index in [0.717, 1.165) is 11.3 Å². The van der Waals surface area contributed by atoms with Crippen molar-refractivity contribution in [1.82, 2.24) is 20.0 Å². The lowest BCUT2D eigenvalue weighted by atomic mass is 10.0. The van der Waals surface area contributed by atoms with Crippen molar-refractivity contribution in [3.63, 3.8) is 0 Å². The van der Waals surface area contributed by atoms with Gasteiger partial charge in [-0.1, -0.05) is 0 Å². The number of furan rings is 1. The first-order chi connectivity index (χ1) is 11.2. The summed E-state index contributed by atoms with van der Waals surface area (Å²) >= 11 is 0. The van der Waals surface area contributed by atoms with Crippen molar-refractivity contribution in [3.05, 3.63) is 41.1 Å². The minimum Gasteiger partial charge on any atom is -0.472 e. The molecular formula is C16H20N4O3. The quantitative estimate of drug-likeness (QED) is 0.930. The first-order valence-corrected chi connectivity index (χ1v) is 7.82. The van der Waals surface area contributed by atoms with Gasteiger partial charge in [0.15, 0.2) is 5.69 Å². The van der Waals surface area contributed by atoms with Crippen molar-refractivity contribution in [2.45, 2.75) is 26.8 Å². The van der Waals surface area contributed by atoms with Gasteiger partial charge in [-0.05, 0) is 19.9 Å². The van der Waals surface area contributed by atoms with Gasteiger partial charge in [0.25, 0.3) is 11.8 Å². The van der Waals surface area contributed by atoms with Gasteiger partial charge in [0.05, 0.1) is 18.4 Å². The summed E-state index contributed by atoms with van der Waals surface area (Å²) in [5, 5.41) is 7.15. The molecule has 0 saturated carbocycles. The fourth-order valence-electron chi connectivity index (χ4n) is 2.87. The van der Waals surface area contributed by atoms with Gasteiger partial charge in [0.2, 0.25) is 0 Å². The van der Waals surface area contributed by atoms with Crippen LogP contribution in [0.25, 0.3) is 0 Å². The van der Waals surface area contributed by atoms with Gasteiger partial charge in [0.1, 0.15) is 6.26 Å². The van der Waals surface area contributed by atoms with Gasteiger partial charge in [-0.2, -0.15) is 5.10 Å². The van der Waals surface area contributed by atoms with Crippen LogP contribution in [0.1, 0.15) is 46.0 Å². The maximum atomic E-state index is 12.6. The largest absolute Gasteiger partial charge is 0.472 e. The summed E-state index contributed by atoms with van der Waals surface area (Å²) in [5.41, 5.74) is 2.71. The summed E-state index contributed by atoms with van der Waals surface area (Å²) in [6.45, 7) is 6.13.